The van der Waals surface area contributed by atoms with Crippen molar-refractivity contribution in [3.05, 3.63) is 95.5 Å². The number of pyridine rings is 1. The van der Waals surface area contributed by atoms with Gasteiger partial charge in [0.1, 0.15) is 6.10 Å². The highest BCUT2D eigenvalue weighted by Gasteiger charge is 2.25. The molecule has 1 aromatic heterocycles. The quantitative estimate of drug-likeness (QED) is 0.538. The Labute approximate surface area is 188 Å². The van der Waals surface area contributed by atoms with Crippen molar-refractivity contribution < 1.29 is 14.3 Å². The van der Waals surface area contributed by atoms with Gasteiger partial charge in [-0.2, -0.15) is 0 Å². The van der Waals surface area contributed by atoms with E-state index >= 15 is 0 Å². The van der Waals surface area contributed by atoms with Crippen LogP contribution in [0.5, 0.6) is 11.5 Å². The molecule has 0 atom stereocenters. The van der Waals surface area contributed by atoms with Crippen LogP contribution in [0.15, 0.2) is 78.8 Å². The molecule has 0 radical (unpaired) electrons. The smallest absolute Gasteiger partial charge is 0.163 e. The number of benzene rings is 2. The molecule has 5 heteroatoms. The van der Waals surface area contributed by atoms with Crippen LogP contribution in [0.2, 0.25) is 0 Å². The lowest BCUT2D eigenvalue weighted by atomic mass is 10.1. The minimum atomic E-state index is 0.0810. The molecule has 0 spiro atoms. The summed E-state index contributed by atoms with van der Waals surface area (Å²) in [5.74, 6) is 1.62. The first-order chi connectivity index (χ1) is 15.7. The van der Waals surface area contributed by atoms with Crippen LogP contribution in [-0.4, -0.2) is 24.0 Å². The maximum absolute atomic E-state index is 12.0. The fraction of sp³-hybridized carbons (Fsp3) is 0.259. The van der Waals surface area contributed by atoms with Crippen molar-refractivity contribution in [1.82, 2.24) is 4.98 Å². The van der Waals surface area contributed by atoms with Crippen molar-refractivity contribution in [3.8, 4) is 11.5 Å². The summed E-state index contributed by atoms with van der Waals surface area (Å²) >= 11 is 0. The first kappa shape index (κ1) is 20.3. The second kappa shape index (κ2) is 8.87. The van der Waals surface area contributed by atoms with Crippen molar-refractivity contribution in [2.24, 2.45) is 0 Å². The number of anilines is 1. The Hall–Kier alpha value is -3.60. The molecule has 0 fully saturated rings. The molecule has 0 unspecified atom stereocenters. The first-order valence-corrected chi connectivity index (χ1v) is 11.0. The predicted molar refractivity (Wildman–Crippen MR) is 124 cm³/mol. The lowest BCUT2D eigenvalue weighted by Crippen LogP contribution is -2.22. The second-order valence-electron chi connectivity index (χ2n) is 8.30. The van der Waals surface area contributed by atoms with Gasteiger partial charge in [0.2, 0.25) is 0 Å². The van der Waals surface area contributed by atoms with Gasteiger partial charge < -0.3 is 14.4 Å². The summed E-state index contributed by atoms with van der Waals surface area (Å²) in [5, 5.41) is 0. The third-order valence-electron chi connectivity index (χ3n) is 6.16. The van der Waals surface area contributed by atoms with Gasteiger partial charge in [0, 0.05) is 61.7 Å². The van der Waals surface area contributed by atoms with Crippen LogP contribution in [0.3, 0.4) is 0 Å². The first-order valence-electron chi connectivity index (χ1n) is 11.0. The summed E-state index contributed by atoms with van der Waals surface area (Å²) in [4.78, 5) is 18.3. The zero-order chi connectivity index (χ0) is 21.9. The summed E-state index contributed by atoms with van der Waals surface area (Å²) in [7, 11) is 1.66. The number of hydrogen-bond acceptors (Lipinski definition) is 5. The third kappa shape index (κ3) is 4.24. The Morgan fingerprint density at radius 1 is 0.969 bits per heavy atom. The van der Waals surface area contributed by atoms with E-state index in [0.29, 0.717) is 18.7 Å². The van der Waals surface area contributed by atoms with Crippen LogP contribution >= 0.6 is 0 Å². The van der Waals surface area contributed by atoms with Gasteiger partial charge in [-0.1, -0.05) is 24.3 Å². The van der Waals surface area contributed by atoms with Gasteiger partial charge in [-0.25, -0.2) is 0 Å². The number of allylic oxidation sites excluding steroid dienone is 2. The number of ketones is 1. The second-order valence-corrected chi connectivity index (χ2v) is 8.30. The third-order valence-corrected chi connectivity index (χ3v) is 6.16. The van der Waals surface area contributed by atoms with Crippen LogP contribution in [0.1, 0.15) is 29.5 Å². The molecule has 2 aromatic carbocycles. The Bertz CT molecular complexity index is 1130. The van der Waals surface area contributed by atoms with Crippen LogP contribution in [0, 0.1) is 0 Å². The molecular weight excluding hydrogens is 400 g/mol. The van der Waals surface area contributed by atoms with Gasteiger partial charge in [0.05, 0.1) is 7.11 Å². The van der Waals surface area contributed by atoms with E-state index in [9.17, 15) is 4.79 Å². The topological polar surface area (TPSA) is 51.7 Å². The molecule has 0 saturated carbocycles. The molecule has 3 aromatic rings. The molecule has 2 aliphatic rings. The summed E-state index contributed by atoms with van der Waals surface area (Å²) in [6, 6.07) is 18.5. The molecular formula is C27H26N2O3. The molecule has 0 saturated heterocycles. The average molecular weight is 427 g/mol. The number of ether oxygens (including phenoxy) is 2. The number of carbonyl (C=O) groups excluding carboxylic acids is 1. The molecule has 162 valence electrons. The van der Waals surface area contributed by atoms with Gasteiger partial charge in [-0.05, 0) is 47.4 Å². The van der Waals surface area contributed by atoms with Crippen LogP contribution < -0.4 is 14.4 Å². The Morgan fingerprint density at radius 3 is 2.38 bits per heavy atom. The van der Waals surface area contributed by atoms with Crippen LogP contribution in [0.25, 0.3) is 0 Å². The summed E-state index contributed by atoms with van der Waals surface area (Å²) < 4.78 is 12.1. The largest absolute Gasteiger partial charge is 0.493 e. The summed E-state index contributed by atoms with van der Waals surface area (Å²) in [6.45, 7) is 0.655. The number of fused-ring (bicyclic) bond motifs is 1. The zero-order valence-corrected chi connectivity index (χ0v) is 18.2. The number of nitrogens with zero attached hydrogens (tertiary/aromatic N) is 2. The number of rotatable bonds is 7. The molecule has 0 bridgehead atoms. The lowest BCUT2D eigenvalue weighted by Gasteiger charge is -2.27. The van der Waals surface area contributed by atoms with E-state index in [4.69, 9.17) is 9.47 Å². The van der Waals surface area contributed by atoms with Crippen molar-refractivity contribution >= 4 is 11.5 Å². The highest BCUT2D eigenvalue weighted by atomic mass is 16.5. The average Bonchev–Trinajstić information content (AvgIpc) is 3.43. The summed E-state index contributed by atoms with van der Waals surface area (Å²) in [5.41, 5.74) is 5.83. The fourth-order valence-electron chi connectivity index (χ4n) is 4.53. The maximum atomic E-state index is 12.0. The summed E-state index contributed by atoms with van der Waals surface area (Å²) in [6.07, 6.45) is 8.52. The SMILES string of the molecule is COc1ccc(N(Cc2ccncc2)C2=CC(=O)CC2)cc1OC1Cc2ccccc2C1. The standard InChI is InChI=1S/C27H26N2O3/c1-31-26-9-7-23(17-27(26)32-25-14-20-4-2-3-5-21(20)15-25)29(22-6-8-24(30)16-22)18-19-10-12-28-13-11-19/h2-5,7,9-13,16-17,25H,6,8,14-15,18H2,1H3. The van der Waals surface area contributed by atoms with Gasteiger partial charge in [-0.3, -0.25) is 9.78 Å². The van der Waals surface area contributed by atoms with E-state index in [1.54, 1.807) is 25.6 Å². The zero-order valence-electron chi connectivity index (χ0n) is 18.2. The van der Waals surface area contributed by atoms with E-state index in [-0.39, 0.29) is 11.9 Å². The highest BCUT2D eigenvalue weighted by Crippen LogP contribution is 2.37. The minimum absolute atomic E-state index is 0.0810. The minimum Gasteiger partial charge on any atom is -0.493 e. The fourth-order valence-corrected chi connectivity index (χ4v) is 4.53. The molecule has 32 heavy (non-hydrogen) atoms. The lowest BCUT2D eigenvalue weighted by molar-refractivity contribution is -0.114. The van der Waals surface area contributed by atoms with Gasteiger partial charge in [0.25, 0.3) is 0 Å². The van der Waals surface area contributed by atoms with Crippen LogP contribution in [0.4, 0.5) is 5.69 Å². The molecule has 2 aliphatic carbocycles. The number of hydrogen-bond donors (Lipinski definition) is 0. The van der Waals surface area contributed by atoms with Crippen molar-refractivity contribution in [2.45, 2.75) is 38.3 Å². The molecule has 5 nitrogen and oxygen atoms in total. The Morgan fingerprint density at radius 2 is 1.72 bits per heavy atom. The van der Waals surface area contributed by atoms with Crippen LogP contribution in [-0.2, 0) is 24.2 Å². The van der Waals surface area contributed by atoms with Crippen molar-refractivity contribution in [2.75, 3.05) is 12.0 Å². The predicted octanol–water partition coefficient (Wildman–Crippen LogP) is 4.89. The number of aromatic nitrogens is 1. The maximum Gasteiger partial charge on any atom is 0.163 e. The van der Waals surface area contributed by atoms with Gasteiger partial charge in [-0.15, -0.1) is 0 Å². The number of methoxy groups -OCH3 is 1. The van der Waals surface area contributed by atoms with E-state index < -0.39 is 0 Å². The highest BCUT2D eigenvalue weighted by molar-refractivity contribution is 5.93. The molecule has 0 N–H and O–H groups in total. The van der Waals surface area contributed by atoms with E-state index in [1.807, 2.05) is 30.3 Å². The molecule has 1 heterocycles. The van der Waals surface area contributed by atoms with Gasteiger partial charge in [0.15, 0.2) is 17.3 Å². The molecule has 5 rings (SSSR count). The van der Waals surface area contributed by atoms with E-state index in [1.165, 1.54) is 11.1 Å². The monoisotopic (exact) mass is 426 g/mol. The van der Waals surface area contributed by atoms with E-state index in [2.05, 4.69) is 34.1 Å². The van der Waals surface area contributed by atoms with Crippen molar-refractivity contribution in [3.63, 3.8) is 0 Å². The van der Waals surface area contributed by atoms with E-state index in [0.717, 1.165) is 42.0 Å². The molecule has 0 amide bonds. The Balaban J connectivity index is 1.44. The number of carbonyl (C=O) groups is 1. The molecule has 0 aliphatic heterocycles. The van der Waals surface area contributed by atoms with Gasteiger partial charge >= 0.3 is 0 Å². The normalized spacial score (nSPS) is 15.4. The van der Waals surface area contributed by atoms with Crippen molar-refractivity contribution in [1.29, 1.82) is 0 Å². The Kier molecular flexibility index (Phi) is 5.63.